The van der Waals surface area contributed by atoms with Crippen LogP contribution in [0.25, 0.3) is 5.69 Å². The molecule has 0 radical (unpaired) electrons. The molecule has 12 heteroatoms. The molecule has 1 amide bonds. The fraction of sp³-hybridized carbons (Fsp3) is 0.280. The van der Waals surface area contributed by atoms with Crippen LogP contribution in [0.5, 0.6) is 0 Å². The predicted molar refractivity (Wildman–Crippen MR) is 138 cm³/mol. The molecule has 1 fully saturated rings. The van der Waals surface area contributed by atoms with Gasteiger partial charge >= 0.3 is 0 Å². The second-order valence-corrected chi connectivity index (χ2v) is 9.61. The highest BCUT2D eigenvalue weighted by atomic mass is 32.2. The number of nitro benzene ring substituents is 1. The highest BCUT2D eigenvalue weighted by Gasteiger charge is 2.25. The van der Waals surface area contributed by atoms with Crippen LogP contribution in [0.1, 0.15) is 27.8 Å². The molecular weight excluding hydrogens is 494 g/mol. The number of carbonyl (C=O) groups excluding carboxylic acids is 1. The Labute approximate surface area is 217 Å². The first-order chi connectivity index (χ1) is 17.9. The molecule has 190 valence electrons. The third kappa shape index (κ3) is 5.33. The van der Waals surface area contributed by atoms with Gasteiger partial charge in [0, 0.05) is 49.7 Å². The van der Waals surface area contributed by atoms with Gasteiger partial charge < -0.3 is 14.2 Å². The number of thioether (sulfide) groups is 1. The molecule has 0 bridgehead atoms. The standard InChI is InChI=1S/C25H25N7O4S/c1-17-4-3-5-21(14-17)31-18(2)27-28-25(31)37-16-23-26-22(15-36-23)24(33)30-12-10-29(11-13-30)19-6-8-20(9-7-19)32(34)35/h3-9,14-15H,10-13,16H2,1-2H3. The Morgan fingerprint density at radius 2 is 1.81 bits per heavy atom. The van der Waals surface area contributed by atoms with Crippen LogP contribution in [0.2, 0.25) is 0 Å². The van der Waals surface area contributed by atoms with Crippen LogP contribution in [0, 0.1) is 24.0 Å². The molecule has 0 atom stereocenters. The second kappa shape index (κ2) is 10.4. The normalized spacial score (nSPS) is 13.7. The van der Waals surface area contributed by atoms with E-state index in [0.717, 1.165) is 27.9 Å². The third-order valence-electron chi connectivity index (χ3n) is 6.14. The predicted octanol–water partition coefficient (Wildman–Crippen LogP) is 4.04. The summed E-state index contributed by atoms with van der Waals surface area (Å²) >= 11 is 1.44. The van der Waals surface area contributed by atoms with Gasteiger partial charge in [0.1, 0.15) is 12.1 Å². The number of nitro groups is 1. The summed E-state index contributed by atoms with van der Waals surface area (Å²) in [6.07, 6.45) is 1.40. The maximum Gasteiger partial charge on any atom is 0.275 e. The van der Waals surface area contributed by atoms with Crippen molar-refractivity contribution in [1.82, 2.24) is 24.6 Å². The number of benzene rings is 2. The molecule has 37 heavy (non-hydrogen) atoms. The van der Waals surface area contributed by atoms with E-state index in [1.165, 1.54) is 30.2 Å². The summed E-state index contributed by atoms with van der Waals surface area (Å²) in [4.78, 5) is 31.7. The molecule has 4 aromatic rings. The van der Waals surface area contributed by atoms with Crippen LogP contribution in [0.4, 0.5) is 11.4 Å². The van der Waals surface area contributed by atoms with Crippen molar-refractivity contribution < 1.29 is 14.1 Å². The molecule has 1 aliphatic heterocycles. The minimum Gasteiger partial charge on any atom is -0.447 e. The molecule has 0 aliphatic carbocycles. The van der Waals surface area contributed by atoms with Gasteiger partial charge in [-0.2, -0.15) is 0 Å². The van der Waals surface area contributed by atoms with Gasteiger partial charge in [-0.25, -0.2) is 4.98 Å². The maximum atomic E-state index is 13.0. The molecule has 2 aromatic heterocycles. The van der Waals surface area contributed by atoms with Crippen LogP contribution < -0.4 is 4.90 Å². The van der Waals surface area contributed by atoms with Crippen molar-refractivity contribution in [2.45, 2.75) is 24.8 Å². The van der Waals surface area contributed by atoms with Crippen molar-refractivity contribution >= 4 is 29.0 Å². The molecule has 1 aliphatic rings. The summed E-state index contributed by atoms with van der Waals surface area (Å²) in [6.45, 7) is 6.23. The number of oxazole rings is 1. The van der Waals surface area contributed by atoms with E-state index in [4.69, 9.17) is 4.42 Å². The fourth-order valence-corrected chi connectivity index (χ4v) is 5.07. The Kier molecular flexibility index (Phi) is 6.91. The van der Waals surface area contributed by atoms with E-state index < -0.39 is 4.92 Å². The largest absolute Gasteiger partial charge is 0.447 e. The van der Waals surface area contributed by atoms with E-state index in [9.17, 15) is 14.9 Å². The first kappa shape index (κ1) is 24.5. The zero-order valence-electron chi connectivity index (χ0n) is 20.4. The van der Waals surface area contributed by atoms with Crippen LogP contribution >= 0.6 is 11.8 Å². The monoisotopic (exact) mass is 519 g/mol. The van der Waals surface area contributed by atoms with Gasteiger partial charge in [0.15, 0.2) is 10.9 Å². The van der Waals surface area contributed by atoms with Crippen LogP contribution in [0.3, 0.4) is 0 Å². The van der Waals surface area contributed by atoms with Crippen molar-refractivity contribution in [2.24, 2.45) is 0 Å². The van der Waals surface area contributed by atoms with Crippen molar-refractivity contribution in [3.8, 4) is 5.69 Å². The number of carbonyl (C=O) groups is 1. The average molecular weight is 520 g/mol. The number of non-ortho nitro benzene ring substituents is 1. The molecule has 11 nitrogen and oxygen atoms in total. The van der Waals surface area contributed by atoms with Gasteiger partial charge in [0.05, 0.1) is 10.7 Å². The number of aryl methyl sites for hydroxylation is 2. The summed E-state index contributed by atoms with van der Waals surface area (Å²) in [5, 5.41) is 20.1. The van der Waals surface area contributed by atoms with Crippen LogP contribution in [0.15, 0.2) is 64.4 Å². The van der Waals surface area contributed by atoms with Crippen molar-refractivity contribution in [2.75, 3.05) is 31.1 Å². The minimum atomic E-state index is -0.415. The number of nitrogens with zero attached hydrogens (tertiary/aromatic N) is 7. The zero-order chi connectivity index (χ0) is 25.9. The van der Waals surface area contributed by atoms with E-state index >= 15 is 0 Å². The Morgan fingerprint density at radius 1 is 1.05 bits per heavy atom. The lowest BCUT2D eigenvalue weighted by molar-refractivity contribution is -0.384. The highest BCUT2D eigenvalue weighted by molar-refractivity contribution is 7.98. The van der Waals surface area contributed by atoms with Crippen molar-refractivity contribution in [1.29, 1.82) is 0 Å². The molecule has 0 spiro atoms. The lowest BCUT2D eigenvalue weighted by Crippen LogP contribution is -2.48. The Bertz CT molecular complexity index is 1430. The summed E-state index contributed by atoms with van der Waals surface area (Å²) in [5.41, 5.74) is 3.36. The Morgan fingerprint density at radius 3 is 2.51 bits per heavy atom. The van der Waals surface area contributed by atoms with E-state index in [1.807, 2.05) is 36.6 Å². The van der Waals surface area contributed by atoms with E-state index in [0.29, 0.717) is 37.8 Å². The molecule has 0 saturated carbocycles. The SMILES string of the molecule is Cc1cccc(-n2c(C)nnc2SCc2nc(C(=O)N3CCN(c4ccc([N+](=O)[O-])cc4)CC3)co2)c1. The molecule has 1 saturated heterocycles. The quantitative estimate of drug-likeness (QED) is 0.202. The number of aromatic nitrogens is 4. The molecule has 0 unspecified atom stereocenters. The molecule has 2 aromatic carbocycles. The average Bonchev–Trinajstić information content (AvgIpc) is 3.53. The van der Waals surface area contributed by atoms with Gasteiger partial charge in [0.25, 0.3) is 11.6 Å². The minimum absolute atomic E-state index is 0.0584. The van der Waals surface area contributed by atoms with Crippen molar-refractivity contribution in [3.05, 3.63) is 87.9 Å². The van der Waals surface area contributed by atoms with Gasteiger partial charge in [-0.1, -0.05) is 23.9 Å². The maximum absolute atomic E-state index is 13.0. The summed E-state index contributed by atoms with van der Waals surface area (Å²) < 4.78 is 7.57. The van der Waals surface area contributed by atoms with E-state index in [1.54, 1.807) is 17.0 Å². The van der Waals surface area contributed by atoms with Crippen LogP contribution in [-0.4, -0.2) is 61.7 Å². The Balaban J connectivity index is 1.18. The highest BCUT2D eigenvalue weighted by Crippen LogP contribution is 2.26. The number of hydrogen-bond donors (Lipinski definition) is 0. The molecular formula is C25H25N7O4S. The van der Waals surface area contributed by atoms with Crippen LogP contribution in [-0.2, 0) is 5.75 Å². The van der Waals surface area contributed by atoms with Crippen molar-refractivity contribution in [3.63, 3.8) is 0 Å². The number of rotatable bonds is 7. The molecule has 3 heterocycles. The summed E-state index contributed by atoms with van der Waals surface area (Å²) in [7, 11) is 0. The topological polar surface area (TPSA) is 123 Å². The van der Waals surface area contributed by atoms with Gasteiger partial charge in [-0.15, -0.1) is 10.2 Å². The molecule has 5 rings (SSSR count). The second-order valence-electron chi connectivity index (χ2n) is 8.67. The summed E-state index contributed by atoms with van der Waals surface area (Å²) in [6, 6.07) is 14.6. The lowest BCUT2D eigenvalue weighted by Gasteiger charge is -2.35. The lowest BCUT2D eigenvalue weighted by atomic mass is 10.2. The first-order valence-corrected chi connectivity index (χ1v) is 12.7. The third-order valence-corrected chi connectivity index (χ3v) is 7.06. The Hall–Kier alpha value is -4.19. The van der Waals surface area contributed by atoms with Gasteiger partial charge in [-0.3, -0.25) is 19.5 Å². The van der Waals surface area contributed by atoms with Gasteiger partial charge in [-0.05, 0) is 43.7 Å². The fourth-order valence-electron chi connectivity index (χ4n) is 4.22. The van der Waals surface area contributed by atoms with E-state index in [2.05, 4.69) is 26.1 Å². The first-order valence-electron chi connectivity index (χ1n) is 11.7. The number of amides is 1. The number of piperazine rings is 1. The summed E-state index contributed by atoms with van der Waals surface area (Å²) in [5.74, 6) is 1.45. The number of hydrogen-bond acceptors (Lipinski definition) is 9. The van der Waals surface area contributed by atoms with Gasteiger partial charge in [0.2, 0.25) is 5.89 Å². The number of anilines is 1. The molecule has 0 N–H and O–H groups in total. The van der Waals surface area contributed by atoms with E-state index in [-0.39, 0.29) is 17.3 Å². The smallest absolute Gasteiger partial charge is 0.275 e. The zero-order valence-corrected chi connectivity index (χ0v) is 21.2.